The molecule has 1 unspecified atom stereocenters. The van der Waals surface area contributed by atoms with Crippen molar-refractivity contribution >= 4 is 5.71 Å². The van der Waals surface area contributed by atoms with Gasteiger partial charge in [-0.1, -0.05) is 12.1 Å². The van der Waals surface area contributed by atoms with Crippen LogP contribution in [-0.2, 0) is 0 Å². The maximum atomic E-state index is 10.9. The highest BCUT2D eigenvalue weighted by molar-refractivity contribution is 6.02. The number of hydrogen-bond donors (Lipinski definition) is 2. The van der Waals surface area contributed by atoms with Gasteiger partial charge in [-0.3, -0.25) is 10.3 Å². The van der Waals surface area contributed by atoms with Crippen LogP contribution in [0.4, 0.5) is 0 Å². The molecule has 6 heteroatoms. The molecule has 2 aliphatic heterocycles. The van der Waals surface area contributed by atoms with Crippen molar-refractivity contribution in [3.8, 4) is 17.2 Å². The lowest BCUT2D eigenvalue weighted by Crippen LogP contribution is -2.55. The summed E-state index contributed by atoms with van der Waals surface area (Å²) in [6, 6.07) is 13.8. The van der Waals surface area contributed by atoms with Gasteiger partial charge in [0, 0.05) is 36.8 Å². The number of hydrogen-bond acceptors (Lipinski definition) is 6. The van der Waals surface area contributed by atoms with Gasteiger partial charge >= 0.3 is 0 Å². The Morgan fingerprint density at radius 1 is 1.17 bits per heavy atom. The molecule has 1 saturated heterocycles. The molecule has 160 valence electrons. The van der Waals surface area contributed by atoms with Crippen molar-refractivity contribution in [3.63, 3.8) is 0 Å². The molecule has 2 aromatic rings. The van der Waals surface area contributed by atoms with Crippen LogP contribution in [0.3, 0.4) is 0 Å². The molecule has 0 aromatic heterocycles. The number of phenols is 1. The standard InChI is InChI=1S/C24H31N3O3/c1-4-30-22-7-5-6-19(23(22)28)21-16-20(17-8-10-18(29-3)11-9-17)25-24(26-21)12-14-27(2)15-13-24/h5-11,21,26,28H,4,12-16H2,1-3H3. The molecule has 0 aliphatic carbocycles. The van der Waals surface area contributed by atoms with Gasteiger partial charge < -0.3 is 19.5 Å². The first-order valence-corrected chi connectivity index (χ1v) is 10.7. The van der Waals surface area contributed by atoms with Gasteiger partial charge in [0.25, 0.3) is 0 Å². The van der Waals surface area contributed by atoms with Gasteiger partial charge in [0.05, 0.1) is 13.7 Å². The SMILES string of the molecule is CCOc1cccc(C2CC(c3ccc(OC)cc3)=NC3(CCN(C)CC3)N2)c1O. The van der Waals surface area contributed by atoms with E-state index in [1.807, 2.05) is 37.3 Å². The van der Waals surface area contributed by atoms with Crippen LogP contribution in [0.2, 0.25) is 0 Å². The average Bonchev–Trinajstić information content (AvgIpc) is 2.77. The Morgan fingerprint density at radius 3 is 2.57 bits per heavy atom. The predicted octanol–water partition coefficient (Wildman–Crippen LogP) is 3.75. The number of phenolic OH excluding ortho intramolecular Hbond substituents is 1. The van der Waals surface area contributed by atoms with E-state index in [4.69, 9.17) is 14.5 Å². The molecule has 0 amide bonds. The summed E-state index contributed by atoms with van der Waals surface area (Å²) in [7, 11) is 3.83. The van der Waals surface area contributed by atoms with Crippen molar-refractivity contribution in [1.82, 2.24) is 10.2 Å². The molecule has 2 aliphatic rings. The molecular formula is C24H31N3O3. The Hall–Kier alpha value is -2.57. The van der Waals surface area contributed by atoms with Crippen molar-refractivity contribution in [2.45, 2.75) is 37.9 Å². The molecule has 6 nitrogen and oxygen atoms in total. The average molecular weight is 410 g/mol. The van der Waals surface area contributed by atoms with Crippen molar-refractivity contribution in [2.24, 2.45) is 4.99 Å². The highest BCUT2D eigenvalue weighted by atomic mass is 16.5. The van der Waals surface area contributed by atoms with E-state index in [2.05, 4.69) is 29.4 Å². The fraction of sp³-hybridized carbons (Fsp3) is 0.458. The quantitative estimate of drug-likeness (QED) is 0.787. The molecule has 0 bridgehead atoms. The number of nitrogens with one attached hydrogen (secondary N) is 1. The third kappa shape index (κ3) is 4.16. The summed E-state index contributed by atoms with van der Waals surface area (Å²) >= 11 is 0. The predicted molar refractivity (Wildman–Crippen MR) is 119 cm³/mol. The molecule has 0 radical (unpaired) electrons. The van der Waals surface area contributed by atoms with Gasteiger partial charge in [-0.05, 0) is 62.7 Å². The Balaban J connectivity index is 1.71. The Kier molecular flexibility index (Phi) is 5.97. The van der Waals surface area contributed by atoms with E-state index in [0.29, 0.717) is 18.8 Å². The maximum absolute atomic E-state index is 10.9. The lowest BCUT2D eigenvalue weighted by molar-refractivity contribution is 0.144. The zero-order valence-corrected chi connectivity index (χ0v) is 18.0. The van der Waals surface area contributed by atoms with Gasteiger partial charge in [-0.15, -0.1) is 0 Å². The zero-order valence-electron chi connectivity index (χ0n) is 18.0. The molecule has 0 saturated carbocycles. The third-order valence-electron chi connectivity index (χ3n) is 6.13. The molecule has 2 heterocycles. The fourth-order valence-corrected chi connectivity index (χ4v) is 4.40. The summed E-state index contributed by atoms with van der Waals surface area (Å²) in [6.45, 7) is 4.42. The van der Waals surface area contributed by atoms with E-state index in [1.165, 1.54) is 0 Å². The number of piperidine rings is 1. The smallest absolute Gasteiger partial charge is 0.162 e. The number of nitrogens with zero attached hydrogens (tertiary/aromatic N) is 2. The minimum Gasteiger partial charge on any atom is -0.504 e. The van der Waals surface area contributed by atoms with Gasteiger partial charge in [0.1, 0.15) is 11.4 Å². The largest absolute Gasteiger partial charge is 0.504 e. The van der Waals surface area contributed by atoms with Crippen molar-refractivity contribution in [3.05, 3.63) is 53.6 Å². The second kappa shape index (κ2) is 8.66. The molecule has 30 heavy (non-hydrogen) atoms. The summed E-state index contributed by atoms with van der Waals surface area (Å²) in [5.41, 5.74) is 2.70. The van der Waals surface area contributed by atoms with Crippen molar-refractivity contribution < 1.29 is 14.6 Å². The molecule has 2 aromatic carbocycles. The number of aliphatic imine (C=N–C) groups is 1. The Morgan fingerprint density at radius 2 is 1.90 bits per heavy atom. The van der Waals surface area contributed by atoms with Crippen LogP contribution in [-0.4, -0.2) is 55.2 Å². The maximum Gasteiger partial charge on any atom is 0.162 e. The van der Waals surface area contributed by atoms with Crippen LogP contribution in [0.5, 0.6) is 17.2 Å². The van der Waals surface area contributed by atoms with Gasteiger partial charge in [0.2, 0.25) is 0 Å². The first kappa shape index (κ1) is 20.7. The van der Waals surface area contributed by atoms with Crippen LogP contribution in [0.1, 0.15) is 43.4 Å². The van der Waals surface area contributed by atoms with Crippen LogP contribution in [0.25, 0.3) is 0 Å². The highest BCUT2D eigenvalue weighted by Gasteiger charge is 2.40. The van der Waals surface area contributed by atoms with E-state index in [1.54, 1.807) is 7.11 Å². The lowest BCUT2D eigenvalue weighted by atomic mass is 9.87. The first-order valence-electron chi connectivity index (χ1n) is 10.7. The van der Waals surface area contributed by atoms with E-state index >= 15 is 0 Å². The van der Waals surface area contributed by atoms with Crippen molar-refractivity contribution in [1.29, 1.82) is 0 Å². The molecule has 1 atom stereocenters. The van der Waals surface area contributed by atoms with E-state index < -0.39 is 0 Å². The number of para-hydroxylation sites is 1. The van der Waals surface area contributed by atoms with Crippen LogP contribution in [0.15, 0.2) is 47.5 Å². The van der Waals surface area contributed by atoms with Crippen LogP contribution in [0, 0.1) is 0 Å². The minimum absolute atomic E-state index is 0.0385. The fourth-order valence-electron chi connectivity index (χ4n) is 4.40. The van der Waals surface area contributed by atoms with E-state index in [9.17, 15) is 5.11 Å². The summed E-state index contributed by atoms with van der Waals surface area (Å²) < 4.78 is 10.9. The summed E-state index contributed by atoms with van der Waals surface area (Å²) in [4.78, 5) is 7.56. The third-order valence-corrected chi connectivity index (χ3v) is 6.13. The monoisotopic (exact) mass is 409 g/mol. The zero-order chi connectivity index (χ0) is 21.1. The summed E-state index contributed by atoms with van der Waals surface area (Å²) in [5.74, 6) is 1.58. The lowest BCUT2D eigenvalue weighted by Gasteiger charge is -2.44. The Labute approximate surface area is 178 Å². The number of likely N-dealkylation sites (tertiary alicyclic amines) is 1. The topological polar surface area (TPSA) is 66.3 Å². The van der Waals surface area contributed by atoms with Gasteiger partial charge in [0.15, 0.2) is 11.5 Å². The first-order chi connectivity index (χ1) is 14.5. The molecule has 4 rings (SSSR count). The number of aromatic hydroxyl groups is 1. The summed E-state index contributed by atoms with van der Waals surface area (Å²) in [6.07, 6.45) is 2.57. The molecular weight excluding hydrogens is 378 g/mol. The van der Waals surface area contributed by atoms with E-state index in [-0.39, 0.29) is 17.5 Å². The number of methoxy groups -OCH3 is 1. The minimum atomic E-state index is -0.321. The number of rotatable bonds is 5. The molecule has 1 spiro atoms. The van der Waals surface area contributed by atoms with Crippen LogP contribution < -0.4 is 14.8 Å². The second-order valence-electron chi connectivity index (χ2n) is 8.15. The normalized spacial score (nSPS) is 21.3. The van der Waals surface area contributed by atoms with E-state index in [0.717, 1.165) is 48.5 Å². The Bertz CT molecular complexity index is 902. The number of ether oxygens (including phenoxy) is 2. The van der Waals surface area contributed by atoms with Gasteiger partial charge in [-0.2, -0.15) is 0 Å². The van der Waals surface area contributed by atoms with Crippen molar-refractivity contribution in [2.75, 3.05) is 33.9 Å². The van der Waals surface area contributed by atoms with Gasteiger partial charge in [-0.25, -0.2) is 0 Å². The second-order valence-corrected chi connectivity index (χ2v) is 8.15. The summed E-state index contributed by atoms with van der Waals surface area (Å²) in [5, 5.41) is 14.7. The highest BCUT2D eigenvalue weighted by Crippen LogP contribution is 2.40. The van der Waals surface area contributed by atoms with Crippen LogP contribution >= 0.6 is 0 Å². The molecule has 2 N–H and O–H groups in total. The molecule has 1 fully saturated rings. The number of benzene rings is 2.